The summed E-state index contributed by atoms with van der Waals surface area (Å²) in [6.45, 7) is 5.53. The molecular formula is C18H20ClN3O2. The fourth-order valence-corrected chi connectivity index (χ4v) is 2.96. The van der Waals surface area contributed by atoms with Crippen molar-refractivity contribution >= 4 is 28.9 Å². The molecular weight excluding hydrogens is 326 g/mol. The van der Waals surface area contributed by atoms with E-state index < -0.39 is 0 Å². The van der Waals surface area contributed by atoms with Crippen LogP contribution in [-0.4, -0.2) is 43.7 Å². The van der Waals surface area contributed by atoms with E-state index in [1.807, 2.05) is 31.2 Å². The first kappa shape index (κ1) is 16.7. The number of ether oxygens (including phenoxy) is 1. The van der Waals surface area contributed by atoms with E-state index in [-0.39, 0.29) is 5.91 Å². The van der Waals surface area contributed by atoms with Crippen LogP contribution >= 0.6 is 11.6 Å². The van der Waals surface area contributed by atoms with Gasteiger partial charge >= 0.3 is 0 Å². The first-order valence-electron chi connectivity index (χ1n) is 8.05. The van der Waals surface area contributed by atoms with Crippen molar-refractivity contribution in [3.63, 3.8) is 0 Å². The van der Waals surface area contributed by atoms with Crippen molar-refractivity contribution in [3.8, 4) is 0 Å². The average molecular weight is 346 g/mol. The van der Waals surface area contributed by atoms with Gasteiger partial charge in [0.25, 0.3) is 5.91 Å². The highest BCUT2D eigenvalue weighted by Crippen LogP contribution is 2.22. The Balaban J connectivity index is 1.85. The molecule has 1 aromatic heterocycles. The SMILES string of the molecule is CCN(C(=O)c1cc(N2CCOCC2)ccn1)c1cccc(Cl)c1. The van der Waals surface area contributed by atoms with Gasteiger partial charge in [0.2, 0.25) is 0 Å². The van der Waals surface area contributed by atoms with Gasteiger partial charge in [-0.1, -0.05) is 17.7 Å². The number of nitrogens with zero attached hydrogens (tertiary/aromatic N) is 3. The summed E-state index contributed by atoms with van der Waals surface area (Å²) in [6, 6.07) is 11.1. The molecule has 0 unspecified atom stereocenters. The van der Waals surface area contributed by atoms with Crippen LogP contribution in [0.5, 0.6) is 0 Å². The first-order valence-corrected chi connectivity index (χ1v) is 8.43. The Kier molecular flexibility index (Phi) is 5.33. The molecule has 0 N–H and O–H groups in total. The Bertz CT molecular complexity index is 717. The number of hydrogen-bond acceptors (Lipinski definition) is 4. The highest BCUT2D eigenvalue weighted by molar-refractivity contribution is 6.31. The molecule has 2 aromatic rings. The molecule has 2 heterocycles. The summed E-state index contributed by atoms with van der Waals surface area (Å²) in [4.78, 5) is 21.1. The summed E-state index contributed by atoms with van der Waals surface area (Å²) in [7, 11) is 0. The standard InChI is InChI=1S/C18H20ClN3O2/c1-2-22(16-5-3-4-14(19)12-16)18(23)17-13-15(6-7-20-17)21-8-10-24-11-9-21/h3-7,12-13H,2,8-11H2,1H3. The number of hydrogen-bond donors (Lipinski definition) is 0. The lowest BCUT2D eigenvalue weighted by Crippen LogP contribution is -2.36. The van der Waals surface area contributed by atoms with Gasteiger partial charge in [-0.2, -0.15) is 0 Å². The van der Waals surface area contributed by atoms with Gasteiger partial charge in [0.1, 0.15) is 5.69 Å². The van der Waals surface area contributed by atoms with Crippen molar-refractivity contribution < 1.29 is 9.53 Å². The zero-order chi connectivity index (χ0) is 16.9. The summed E-state index contributed by atoms with van der Waals surface area (Å²) in [6.07, 6.45) is 1.68. The van der Waals surface area contributed by atoms with E-state index in [9.17, 15) is 4.79 Å². The van der Waals surface area contributed by atoms with Crippen LogP contribution in [0.15, 0.2) is 42.6 Å². The van der Waals surface area contributed by atoms with Crippen LogP contribution < -0.4 is 9.80 Å². The Morgan fingerprint density at radius 1 is 1.29 bits per heavy atom. The molecule has 1 aliphatic rings. The fourth-order valence-electron chi connectivity index (χ4n) is 2.78. The van der Waals surface area contributed by atoms with Crippen LogP contribution in [-0.2, 0) is 4.74 Å². The topological polar surface area (TPSA) is 45.7 Å². The summed E-state index contributed by atoms with van der Waals surface area (Å²) in [5.41, 5.74) is 2.20. The van der Waals surface area contributed by atoms with E-state index in [1.54, 1.807) is 23.2 Å². The van der Waals surface area contributed by atoms with Crippen LogP contribution in [0.3, 0.4) is 0 Å². The van der Waals surface area contributed by atoms with Gasteiger partial charge in [0.15, 0.2) is 0 Å². The van der Waals surface area contributed by atoms with Gasteiger partial charge in [0, 0.05) is 42.2 Å². The molecule has 0 saturated carbocycles. The minimum Gasteiger partial charge on any atom is -0.378 e. The Labute approximate surface area is 146 Å². The number of carbonyl (C=O) groups excluding carboxylic acids is 1. The van der Waals surface area contributed by atoms with Gasteiger partial charge in [-0.15, -0.1) is 0 Å². The molecule has 5 nitrogen and oxygen atoms in total. The van der Waals surface area contributed by atoms with Crippen molar-refractivity contribution in [2.24, 2.45) is 0 Å². The Hall–Kier alpha value is -2.11. The number of anilines is 2. The van der Waals surface area contributed by atoms with E-state index in [1.165, 1.54) is 0 Å². The molecule has 24 heavy (non-hydrogen) atoms. The van der Waals surface area contributed by atoms with E-state index in [4.69, 9.17) is 16.3 Å². The lowest BCUT2D eigenvalue weighted by Gasteiger charge is -2.29. The van der Waals surface area contributed by atoms with Gasteiger partial charge in [-0.05, 0) is 37.3 Å². The molecule has 1 aromatic carbocycles. The lowest BCUT2D eigenvalue weighted by molar-refractivity contribution is 0.0983. The van der Waals surface area contributed by atoms with E-state index >= 15 is 0 Å². The van der Waals surface area contributed by atoms with Crippen molar-refractivity contribution in [2.75, 3.05) is 42.6 Å². The molecule has 0 bridgehead atoms. The van der Waals surface area contributed by atoms with Crippen LogP contribution in [0.2, 0.25) is 5.02 Å². The van der Waals surface area contributed by atoms with Crippen molar-refractivity contribution in [1.82, 2.24) is 4.98 Å². The number of carbonyl (C=O) groups is 1. The largest absolute Gasteiger partial charge is 0.378 e. The number of benzene rings is 1. The van der Waals surface area contributed by atoms with Gasteiger partial charge in [0.05, 0.1) is 13.2 Å². The van der Waals surface area contributed by atoms with E-state index in [2.05, 4.69) is 9.88 Å². The lowest BCUT2D eigenvalue weighted by atomic mass is 10.2. The average Bonchev–Trinajstić information content (AvgIpc) is 2.63. The van der Waals surface area contributed by atoms with Gasteiger partial charge in [-0.25, -0.2) is 0 Å². The number of pyridine rings is 1. The monoisotopic (exact) mass is 345 g/mol. The first-order chi connectivity index (χ1) is 11.7. The molecule has 0 radical (unpaired) electrons. The zero-order valence-electron chi connectivity index (χ0n) is 13.6. The smallest absolute Gasteiger partial charge is 0.276 e. The second kappa shape index (κ2) is 7.64. The molecule has 0 aliphatic carbocycles. The maximum atomic E-state index is 12.9. The number of rotatable bonds is 4. The van der Waals surface area contributed by atoms with Gasteiger partial charge < -0.3 is 14.5 Å². The second-order valence-electron chi connectivity index (χ2n) is 5.53. The predicted octanol–water partition coefficient (Wildman–Crippen LogP) is 3.24. The van der Waals surface area contributed by atoms with Crippen molar-refractivity contribution in [3.05, 3.63) is 53.3 Å². The number of morpholine rings is 1. The second-order valence-corrected chi connectivity index (χ2v) is 5.96. The van der Waals surface area contributed by atoms with Crippen molar-refractivity contribution in [2.45, 2.75) is 6.92 Å². The van der Waals surface area contributed by atoms with Gasteiger partial charge in [-0.3, -0.25) is 9.78 Å². The number of amides is 1. The quantitative estimate of drug-likeness (QED) is 0.853. The summed E-state index contributed by atoms with van der Waals surface area (Å²) < 4.78 is 5.38. The van der Waals surface area contributed by atoms with E-state index in [0.29, 0.717) is 30.5 Å². The fraction of sp³-hybridized carbons (Fsp3) is 0.333. The minimum absolute atomic E-state index is 0.130. The molecule has 0 spiro atoms. The third-order valence-electron chi connectivity index (χ3n) is 4.02. The van der Waals surface area contributed by atoms with Crippen LogP contribution in [0, 0.1) is 0 Å². The maximum Gasteiger partial charge on any atom is 0.276 e. The van der Waals surface area contributed by atoms with E-state index in [0.717, 1.165) is 24.5 Å². The molecule has 6 heteroatoms. The van der Waals surface area contributed by atoms with Crippen LogP contribution in [0.4, 0.5) is 11.4 Å². The molecule has 126 valence electrons. The number of aromatic nitrogens is 1. The maximum absolute atomic E-state index is 12.9. The highest BCUT2D eigenvalue weighted by Gasteiger charge is 2.19. The molecule has 1 saturated heterocycles. The van der Waals surface area contributed by atoms with Crippen LogP contribution in [0.1, 0.15) is 17.4 Å². The molecule has 1 fully saturated rings. The normalized spacial score (nSPS) is 14.5. The Morgan fingerprint density at radius 2 is 2.08 bits per heavy atom. The van der Waals surface area contributed by atoms with Crippen molar-refractivity contribution in [1.29, 1.82) is 0 Å². The summed E-state index contributed by atoms with van der Waals surface area (Å²) in [5.74, 6) is -0.130. The summed E-state index contributed by atoms with van der Waals surface area (Å²) in [5, 5.41) is 0.605. The third kappa shape index (κ3) is 3.68. The minimum atomic E-state index is -0.130. The predicted molar refractivity (Wildman–Crippen MR) is 96.1 cm³/mol. The number of halogens is 1. The molecule has 3 rings (SSSR count). The third-order valence-corrected chi connectivity index (χ3v) is 4.26. The Morgan fingerprint density at radius 3 is 2.79 bits per heavy atom. The summed E-state index contributed by atoms with van der Waals surface area (Å²) >= 11 is 6.05. The molecule has 1 aliphatic heterocycles. The molecule has 0 atom stereocenters. The molecule has 1 amide bonds. The zero-order valence-corrected chi connectivity index (χ0v) is 14.4. The highest BCUT2D eigenvalue weighted by atomic mass is 35.5. The van der Waals surface area contributed by atoms with Crippen LogP contribution in [0.25, 0.3) is 0 Å².